The first kappa shape index (κ1) is 16.3. The number of nitrogens with one attached hydrogen (secondary N) is 2. The minimum absolute atomic E-state index is 0.00601. The molecule has 0 radical (unpaired) electrons. The largest absolute Gasteiger partial charge is 0.345 e. The summed E-state index contributed by atoms with van der Waals surface area (Å²) in [6.45, 7) is 0.0988. The van der Waals surface area contributed by atoms with Crippen LogP contribution in [0.25, 0.3) is 0 Å². The third-order valence-corrected chi connectivity index (χ3v) is 4.97. The van der Waals surface area contributed by atoms with Crippen LogP contribution in [0.1, 0.15) is 39.5 Å². The summed E-state index contributed by atoms with van der Waals surface area (Å²) in [5, 5.41) is 5.59. The lowest BCUT2D eigenvalue weighted by molar-refractivity contribution is -0.125. The molecular formula is C20H19N3O3. The first-order valence-corrected chi connectivity index (χ1v) is 8.68. The van der Waals surface area contributed by atoms with E-state index in [0.717, 1.165) is 23.3 Å². The highest BCUT2D eigenvalue weighted by Gasteiger charge is 2.30. The molecule has 2 N–H and O–H groups in total. The van der Waals surface area contributed by atoms with Gasteiger partial charge in [-0.15, -0.1) is 0 Å². The Kier molecular flexibility index (Phi) is 4.16. The van der Waals surface area contributed by atoms with Crippen LogP contribution in [0.2, 0.25) is 0 Å². The van der Waals surface area contributed by atoms with Crippen molar-refractivity contribution in [2.75, 3.05) is 6.54 Å². The second kappa shape index (κ2) is 6.63. The smallest absolute Gasteiger partial charge is 0.324 e. The second-order valence-corrected chi connectivity index (χ2v) is 6.56. The molecule has 1 unspecified atom stereocenters. The van der Waals surface area contributed by atoms with E-state index in [0.29, 0.717) is 11.1 Å². The van der Waals surface area contributed by atoms with E-state index in [1.165, 1.54) is 5.56 Å². The third-order valence-electron chi connectivity index (χ3n) is 4.97. The van der Waals surface area contributed by atoms with Gasteiger partial charge in [-0.1, -0.05) is 42.5 Å². The highest BCUT2D eigenvalue weighted by molar-refractivity contribution is 6.02. The number of rotatable bonds is 4. The molecule has 2 aromatic carbocycles. The number of imide groups is 1. The third kappa shape index (κ3) is 2.94. The fourth-order valence-electron chi connectivity index (χ4n) is 3.61. The van der Waals surface area contributed by atoms with Crippen molar-refractivity contribution in [3.63, 3.8) is 0 Å². The van der Waals surface area contributed by atoms with Crippen molar-refractivity contribution in [3.05, 3.63) is 70.8 Å². The molecule has 1 heterocycles. The van der Waals surface area contributed by atoms with Crippen molar-refractivity contribution in [3.8, 4) is 0 Å². The van der Waals surface area contributed by atoms with Crippen LogP contribution in [0.3, 0.4) is 0 Å². The van der Waals surface area contributed by atoms with E-state index in [1.54, 1.807) is 24.3 Å². The molecule has 1 saturated heterocycles. The van der Waals surface area contributed by atoms with E-state index >= 15 is 0 Å². The van der Waals surface area contributed by atoms with Crippen LogP contribution in [-0.2, 0) is 17.8 Å². The van der Waals surface area contributed by atoms with Gasteiger partial charge in [0.1, 0.15) is 0 Å². The van der Waals surface area contributed by atoms with Gasteiger partial charge in [0.05, 0.1) is 19.1 Å². The van der Waals surface area contributed by atoms with Crippen LogP contribution in [-0.4, -0.2) is 29.3 Å². The Labute approximate surface area is 151 Å². The number of urea groups is 1. The Morgan fingerprint density at radius 2 is 1.88 bits per heavy atom. The summed E-state index contributed by atoms with van der Waals surface area (Å²) in [5.41, 5.74) is 3.57. The summed E-state index contributed by atoms with van der Waals surface area (Å²) >= 11 is 0. The second-order valence-electron chi connectivity index (χ2n) is 6.56. The van der Waals surface area contributed by atoms with Gasteiger partial charge in [-0.2, -0.15) is 0 Å². The number of carbonyl (C=O) groups is 3. The molecule has 4 amide bonds. The molecule has 1 aliphatic carbocycles. The molecule has 0 saturated carbocycles. The van der Waals surface area contributed by atoms with Gasteiger partial charge in [-0.3, -0.25) is 14.5 Å². The van der Waals surface area contributed by atoms with E-state index in [2.05, 4.69) is 16.7 Å². The number of benzene rings is 2. The summed E-state index contributed by atoms with van der Waals surface area (Å²) in [6, 6.07) is 14.8. The van der Waals surface area contributed by atoms with Gasteiger partial charge in [-0.05, 0) is 35.6 Å². The average molecular weight is 349 g/mol. The van der Waals surface area contributed by atoms with Crippen molar-refractivity contribution >= 4 is 17.8 Å². The molecule has 6 heteroatoms. The Morgan fingerprint density at radius 3 is 2.69 bits per heavy atom. The molecule has 0 spiro atoms. The first-order valence-electron chi connectivity index (χ1n) is 8.68. The highest BCUT2D eigenvalue weighted by Crippen LogP contribution is 2.31. The first-order chi connectivity index (χ1) is 12.6. The van der Waals surface area contributed by atoms with Gasteiger partial charge < -0.3 is 10.6 Å². The number of carbonyl (C=O) groups excluding carboxylic acids is 3. The van der Waals surface area contributed by atoms with Crippen LogP contribution in [0.4, 0.5) is 4.79 Å². The van der Waals surface area contributed by atoms with E-state index < -0.39 is 6.03 Å². The maximum absolute atomic E-state index is 12.9. The van der Waals surface area contributed by atoms with E-state index in [-0.39, 0.29) is 30.9 Å². The number of hydrogen-bond acceptors (Lipinski definition) is 3. The molecule has 4 rings (SSSR count). The monoisotopic (exact) mass is 349 g/mol. The Bertz CT molecular complexity index is 877. The summed E-state index contributed by atoms with van der Waals surface area (Å²) in [5.74, 6) is -0.468. The minimum Gasteiger partial charge on any atom is -0.345 e. The number of nitrogens with zero attached hydrogens (tertiary/aromatic N) is 1. The van der Waals surface area contributed by atoms with Crippen LogP contribution in [0, 0.1) is 0 Å². The van der Waals surface area contributed by atoms with E-state index in [4.69, 9.17) is 0 Å². The zero-order chi connectivity index (χ0) is 18.1. The molecular weight excluding hydrogens is 330 g/mol. The van der Waals surface area contributed by atoms with Crippen LogP contribution >= 0.6 is 0 Å². The van der Waals surface area contributed by atoms with Crippen molar-refractivity contribution < 1.29 is 14.4 Å². The van der Waals surface area contributed by atoms with Crippen molar-refractivity contribution in [2.45, 2.75) is 25.4 Å². The molecule has 2 aliphatic rings. The van der Waals surface area contributed by atoms with Gasteiger partial charge in [0.2, 0.25) is 5.91 Å². The number of amides is 4. The molecule has 6 nitrogen and oxygen atoms in total. The molecule has 1 atom stereocenters. The molecule has 132 valence electrons. The molecule has 0 bridgehead atoms. The highest BCUT2D eigenvalue weighted by atomic mass is 16.2. The summed E-state index contributed by atoms with van der Waals surface area (Å²) in [4.78, 5) is 37.6. The molecule has 0 aromatic heterocycles. The molecule has 1 aliphatic heterocycles. The van der Waals surface area contributed by atoms with Crippen molar-refractivity contribution in [2.24, 2.45) is 0 Å². The lowest BCUT2D eigenvalue weighted by Gasteiger charge is -2.18. The lowest BCUT2D eigenvalue weighted by Crippen LogP contribution is -2.32. The van der Waals surface area contributed by atoms with Gasteiger partial charge >= 0.3 is 6.03 Å². The van der Waals surface area contributed by atoms with Crippen molar-refractivity contribution in [1.82, 2.24) is 15.5 Å². The zero-order valence-electron chi connectivity index (χ0n) is 14.2. The maximum atomic E-state index is 12.9. The van der Waals surface area contributed by atoms with Gasteiger partial charge in [0, 0.05) is 5.56 Å². The predicted octanol–water partition coefficient (Wildman–Crippen LogP) is 2.16. The van der Waals surface area contributed by atoms with Gasteiger partial charge in [0.25, 0.3) is 5.91 Å². The average Bonchev–Trinajstić information content (AvgIpc) is 3.20. The molecule has 1 fully saturated rings. The maximum Gasteiger partial charge on any atom is 0.324 e. The Balaban J connectivity index is 1.54. The lowest BCUT2D eigenvalue weighted by atomic mass is 10.0. The summed E-state index contributed by atoms with van der Waals surface area (Å²) in [6.07, 6.45) is 1.82. The van der Waals surface area contributed by atoms with Crippen LogP contribution < -0.4 is 10.6 Å². The molecule has 2 aromatic rings. The number of aryl methyl sites for hydroxylation is 1. The SMILES string of the molecule is O=C(NC1CCc2ccccc21)c1ccccc1CN1C(=O)CNC1=O. The summed E-state index contributed by atoms with van der Waals surface area (Å²) in [7, 11) is 0. The van der Waals surface area contributed by atoms with Crippen molar-refractivity contribution in [1.29, 1.82) is 0 Å². The quantitative estimate of drug-likeness (QED) is 0.830. The van der Waals surface area contributed by atoms with Crippen LogP contribution in [0.15, 0.2) is 48.5 Å². The molecule has 26 heavy (non-hydrogen) atoms. The standard InChI is InChI=1S/C20H19N3O3/c24-18-11-21-20(26)23(18)12-14-6-2-4-8-16(14)19(25)22-17-10-9-13-5-1-3-7-15(13)17/h1-8,17H,9-12H2,(H,21,26)(H,22,25). The van der Waals surface area contributed by atoms with Gasteiger partial charge in [0.15, 0.2) is 0 Å². The number of fused-ring (bicyclic) bond motifs is 1. The van der Waals surface area contributed by atoms with E-state index in [9.17, 15) is 14.4 Å². The fourth-order valence-corrected chi connectivity index (χ4v) is 3.61. The Morgan fingerprint density at radius 1 is 1.12 bits per heavy atom. The zero-order valence-corrected chi connectivity index (χ0v) is 14.2. The van der Waals surface area contributed by atoms with Gasteiger partial charge in [-0.25, -0.2) is 4.79 Å². The normalized spacial score (nSPS) is 18.6. The summed E-state index contributed by atoms with van der Waals surface area (Å²) < 4.78 is 0. The predicted molar refractivity (Wildman–Crippen MR) is 95.4 cm³/mol. The minimum atomic E-state index is -0.421. The number of hydrogen-bond donors (Lipinski definition) is 2. The van der Waals surface area contributed by atoms with E-state index in [1.807, 2.05) is 18.2 Å². The van der Waals surface area contributed by atoms with Crippen LogP contribution in [0.5, 0.6) is 0 Å². The fraction of sp³-hybridized carbons (Fsp3) is 0.250. The topological polar surface area (TPSA) is 78.5 Å². The Hall–Kier alpha value is -3.15.